The van der Waals surface area contributed by atoms with Crippen LogP contribution in [0, 0.1) is 0 Å². The fourth-order valence-electron chi connectivity index (χ4n) is 8.15. The summed E-state index contributed by atoms with van der Waals surface area (Å²) in [7, 11) is 0. The lowest BCUT2D eigenvalue weighted by Crippen LogP contribution is -2.75. The molecule has 0 aliphatic heterocycles. The highest BCUT2D eigenvalue weighted by molar-refractivity contribution is 8.00. The van der Waals surface area contributed by atoms with Gasteiger partial charge < -0.3 is 0 Å². The number of para-hydroxylation sites is 1. The monoisotopic (exact) mass is 1140 g/mol. The van der Waals surface area contributed by atoms with E-state index in [4.69, 9.17) is 0 Å². The van der Waals surface area contributed by atoms with Crippen LogP contribution in [-0.2, 0) is 56.0 Å². The van der Waals surface area contributed by atoms with E-state index in [1.165, 1.54) is 20.1 Å². The first-order valence-corrected chi connectivity index (χ1v) is 22.5. The van der Waals surface area contributed by atoms with Gasteiger partial charge in [-0.1, -0.05) is 102 Å². The molecule has 1 heterocycles. The van der Waals surface area contributed by atoms with Gasteiger partial charge in [-0.25, -0.2) is 0 Å². The van der Waals surface area contributed by atoms with Crippen molar-refractivity contribution in [2.75, 3.05) is 6.26 Å². The Morgan fingerprint density at radius 1 is 0.360 bits per heavy atom. The molecule has 7 aromatic rings. The Morgan fingerprint density at radius 3 is 0.867 bits per heavy atom. The van der Waals surface area contributed by atoms with E-state index in [1.807, 2.05) is 23.1 Å². The third-order valence-corrected chi connectivity index (χ3v) is 13.7. The fraction of sp³-hybridized carbons (Fsp3) is 0.213. The fourth-order valence-corrected chi connectivity index (χ4v) is 10.0. The maximum absolute atomic E-state index is 14.2. The molecule has 1 nitrogen and oxygen atoms in total. The van der Waals surface area contributed by atoms with Crippen LogP contribution in [0.3, 0.4) is 0 Å². The zero-order valence-electron chi connectivity index (χ0n) is 36.7. The van der Waals surface area contributed by atoms with Crippen molar-refractivity contribution in [3.05, 3.63) is 177 Å². The Bertz CT molecular complexity index is 2740. The molecule has 0 aliphatic rings. The van der Waals surface area contributed by atoms with Gasteiger partial charge in [0.15, 0.2) is 6.54 Å². The highest BCUT2D eigenvalue weighted by Crippen LogP contribution is 2.41. The topological polar surface area (TPSA) is 3.88 Å². The van der Waals surface area contributed by atoms with Gasteiger partial charge in [-0.05, 0) is 48.3 Å². The number of fused-ring (bicyclic) bond motifs is 1. The first-order chi connectivity index (χ1) is 34.1. The van der Waals surface area contributed by atoms with Gasteiger partial charge in [-0.15, -0.1) is 0 Å². The molecule has 0 spiro atoms. The van der Waals surface area contributed by atoms with Crippen molar-refractivity contribution in [3.63, 3.8) is 0 Å². The molecule has 0 radical (unpaired) electrons. The summed E-state index contributed by atoms with van der Waals surface area (Å²) in [5.41, 5.74) is -27.5. The molecule has 0 amide bonds. The van der Waals surface area contributed by atoms with Gasteiger partial charge >= 0.3 is 49.4 Å². The van der Waals surface area contributed by atoms with E-state index in [0.717, 1.165) is 6.54 Å². The van der Waals surface area contributed by atoms with Crippen LogP contribution < -0.4 is 26.4 Å². The van der Waals surface area contributed by atoms with Crippen molar-refractivity contribution < 1.29 is 110 Å². The van der Waals surface area contributed by atoms with Gasteiger partial charge in [0.05, 0.1) is 44.5 Å². The molecule has 7 rings (SSSR count). The SMILES string of the molecule is CSc1sc2ccccc2[n+]1Cc1ccccc1.FC(F)(F)c1cc([B-](c2cc(C(F)(F)F)cc(C(F)(F)F)c2)(c2cc(C(F)(F)F)cc(C(F)(F)F)c2)c2cc(C(F)(F)F)cc(C(F)(F)F)c2)cc(C(F)(F)F)c1. The summed E-state index contributed by atoms with van der Waals surface area (Å²) in [5, 5.41) is 0. The average Bonchev–Trinajstić information content (AvgIpc) is 3.64. The van der Waals surface area contributed by atoms with Crippen LogP contribution in [0.4, 0.5) is 105 Å². The normalized spacial score (nSPS) is 13.5. The number of rotatable bonds is 7. The smallest absolute Gasteiger partial charge is 0.194 e. The molecule has 0 N–H and O–H groups in total. The molecule has 0 saturated carbocycles. The lowest BCUT2D eigenvalue weighted by atomic mass is 9.12. The molecule has 1 aromatic heterocycles. The van der Waals surface area contributed by atoms with E-state index in [9.17, 15) is 105 Å². The van der Waals surface area contributed by atoms with Crippen molar-refractivity contribution in [1.82, 2.24) is 0 Å². The van der Waals surface area contributed by atoms with Crippen LogP contribution in [0.25, 0.3) is 10.2 Å². The quantitative estimate of drug-likeness (QED) is 0.0666. The van der Waals surface area contributed by atoms with Crippen LogP contribution >= 0.6 is 23.1 Å². The van der Waals surface area contributed by atoms with Gasteiger partial charge in [-0.2, -0.15) is 132 Å². The second kappa shape index (κ2) is 20.1. The second-order valence-corrected chi connectivity index (χ2v) is 18.4. The van der Waals surface area contributed by atoms with E-state index in [1.54, 1.807) is 0 Å². The molecule has 6 aromatic carbocycles. The number of aromatic nitrogens is 1. The molecule has 0 aliphatic carbocycles. The van der Waals surface area contributed by atoms with E-state index >= 15 is 0 Å². The van der Waals surface area contributed by atoms with E-state index in [0.29, 0.717) is 0 Å². The first-order valence-electron chi connectivity index (χ1n) is 20.5. The summed E-state index contributed by atoms with van der Waals surface area (Å²) in [6.07, 6.45) is -52.7. The minimum Gasteiger partial charge on any atom is -0.194 e. The molecule has 402 valence electrons. The summed E-state index contributed by atoms with van der Waals surface area (Å²) in [4.78, 5) is 0. The molecule has 28 heteroatoms. The van der Waals surface area contributed by atoms with Crippen molar-refractivity contribution >= 4 is 61.3 Å². The number of nitrogens with zero attached hydrogens (tertiary/aromatic N) is 1. The van der Waals surface area contributed by atoms with E-state index in [-0.39, 0.29) is 0 Å². The Kier molecular flexibility index (Phi) is 15.6. The maximum Gasteiger partial charge on any atom is 0.416 e. The number of thioether (sulfide) groups is 1. The van der Waals surface area contributed by atoms with Gasteiger partial charge in [0.1, 0.15) is 10.8 Å². The van der Waals surface area contributed by atoms with E-state index in [2.05, 4.69) is 65.4 Å². The highest BCUT2D eigenvalue weighted by Gasteiger charge is 2.47. The highest BCUT2D eigenvalue weighted by atomic mass is 32.2. The Labute approximate surface area is 414 Å². The third kappa shape index (κ3) is 13.0. The zero-order valence-corrected chi connectivity index (χ0v) is 38.4. The Balaban J connectivity index is 0.000000421. The number of benzene rings is 6. The number of thiazole rings is 1. The first kappa shape index (κ1) is 58.2. The molecule has 75 heavy (non-hydrogen) atoms. The van der Waals surface area contributed by atoms with Crippen LogP contribution in [0.15, 0.2) is 132 Å². The molecular weight excluding hydrogens is 1110 g/mol. The van der Waals surface area contributed by atoms with Crippen LogP contribution in [0.5, 0.6) is 0 Å². The summed E-state index contributed by atoms with van der Waals surface area (Å²) in [6, 6.07) is 10.4. The van der Waals surface area contributed by atoms with Crippen molar-refractivity contribution in [1.29, 1.82) is 0 Å². The van der Waals surface area contributed by atoms with Crippen LogP contribution in [0.2, 0.25) is 0 Å². The number of alkyl halides is 24. The van der Waals surface area contributed by atoms with E-state index < -0.39 is 195 Å². The summed E-state index contributed by atoms with van der Waals surface area (Å²) >= 11 is 3.69. The summed E-state index contributed by atoms with van der Waals surface area (Å²) in [5.74, 6) is 0. The summed E-state index contributed by atoms with van der Waals surface area (Å²) < 4.78 is 346. The van der Waals surface area contributed by atoms with Crippen LogP contribution in [0.1, 0.15) is 50.1 Å². The van der Waals surface area contributed by atoms with Crippen molar-refractivity contribution in [2.24, 2.45) is 0 Å². The molecule has 0 saturated heterocycles. The van der Waals surface area contributed by atoms with Gasteiger partial charge in [0.2, 0.25) is 5.52 Å². The molecule has 0 bridgehead atoms. The average molecular weight is 1140 g/mol. The molecule has 0 atom stereocenters. The number of halogens is 24. The Morgan fingerprint density at radius 2 is 0.613 bits per heavy atom. The minimum atomic E-state index is -6.13. The lowest BCUT2D eigenvalue weighted by molar-refractivity contribution is -0.693. The molecule has 0 fully saturated rings. The lowest BCUT2D eigenvalue weighted by Gasteiger charge is -2.46. The largest absolute Gasteiger partial charge is 0.416 e. The van der Waals surface area contributed by atoms with Gasteiger partial charge in [0.25, 0.3) is 4.34 Å². The third-order valence-electron chi connectivity index (χ3n) is 11.4. The minimum absolute atomic E-state index is 0.691. The standard InChI is InChI=1S/C32H12BF24.C15H14NS2/c34-25(35,36)13-1-14(26(37,38)39)6-21(5-13)33(22-7-15(27(40,41)42)2-16(8-22)28(43,44)45,23-9-17(29(46,47)48)3-18(10-23)30(49,50)51)24-11-19(31(52,53)54)4-20(12-24)32(55,56)57;1-17-15-16(11-12-7-3-2-4-8-12)13-9-5-6-10-14(13)18-15/h1-12H;2-10H,11H2,1H3/q-1;+1. The molecule has 0 unspecified atom stereocenters. The Hall–Kier alpha value is -6.06. The number of hydrogen-bond acceptors (Lipinski definition) is 2. The molecular formula is C47H26BF24NS2. The van der Waals surface area contributed by atoms with Crippen molar-refractivity contribution in [2.45, 2.75) is 60.3 Å². The maximum atomic E-state index is 14.2. The predicted octanol–water partition coefficient (Wildman–Crippen LogP) is 15.2. The van der Waals surface area contributed by atoms with Gasteiger partial charge in [-0.3, -0.25) is 0 Å². The number of hydrogen-bond donors (Lipinski definition) is 0. The van der Waals surface area contributed by atoms with Crippen LogP contribution in [-0.4, -0.2) is 12.4 Å². The van der Waals surface area contributed by atoms with Crippen molar-refractivity contribution in [3.8, 4) is 0 Å². The predicted molar refractivity (Wildman–Crippen MR) is 229 cm³/mol. The summed E-state index contributed by atoms with van der Waals surface area (Å²) in [6.45, 7) is 0.945. The van der Waals surface area contributed by atoms with Gasteiger partial charge in [0, 0.05) is 11.6 Å². The second-order valence-electron chi connectivity index (χ2n) is 16.3. The zero-order chi connectivity index (χ0) is 56.3.